The van der Waals surface area contributed by atoms with Gasteiger partial charge in [0.15, 0.2) is 0 Å². The van der Waals surface area contributed by atoms with Crippen molar-refractivity contribution < 1.29 is 42.1 Å². The summed E-state index contributed by atoms with van der Waals surface area (Å²) in [5.41, 5.74) is 0.667. The van der Waals surface area contributed by atoms with Crippen LogP contribution in [0.2, 0.25) is 0 Å². The number of rotatable bonds is 2. The Kier molecular flexibility index (Phi) is 16.5. The Morgan fingerprint density at radius 3 is 1.62 bits per heavy atom. The van der Waals surface area contributed by atoms with E-state index in [9.17, 15) is 4.79 Å². The Balaban J connectivity index is -0.000000250. The summed E-state index contributed by atoms with van der Waals surface area (Å²) in [5, 5.41) is 14.4. The van der Waals surface area contributed by atoms with Gasteiger partial charge in [-0.15, -0.1) is 0 Å². The smallest absolute Gasteiger partial charge is 0.394 e. The molecule has 0 unspecified atom stereocenters. The van der Waals surface area contributed by atoms with Crippen LogP contribution in [0.5, 0.6) is 5.75 Å². The van der Waals surface area contributed by atoms with Gasteiger partial charge < -0.3 is 14.9 Å². The predicted octanol–water partition coefficient (Wildman–Crippen LogP) is 0.554. The van der Waals surface area contributed by atoms with Crippen molar-refractivity contribution in [1.82, 2.24) is 0 Å². The molecule has 21 heavy (non-hydrogen) atoms. The fourth-order valence-electron chi connectivity index (χ4n) is 0.682. The summed E-state index contributed by atoms with van der Waals surface area (Å²) in [7, 11) is -2.07. The second kappa shape index (κ2) is 14.4. The fourth-order valence-corrected chi connectivity index (χ4v) is 0.682. The number of hydrogen-bond acceptors (Lipinski definition) is 6. The monoisotopic (exact) mass is 326 g/mol. The summed E-state index contributed by atoms with van der Waals surface area (Å²) >= 11 is 0. The van der Waals surface area contributed by atoms with Gasteiger partial charge in [-0.05, 0) is 24.3 Å². The zero-order chi connectivity index (χ0) is 17.5. The van der Waals surface area contributed by atoms with E-state index in [2.05, 4.69) is 0 Å². The summed E-state index contributed by atoms with van der Waals surface area (Å²) in [6, 6.07) is 6.94. The number of aliphatic hydroxyl groups excluding tert-OH is 1. The molecule has 4 N–H and O–H groups in total. The molecule has 0 atom stereocenters. The molecule has 0 amide bonds. The Labute approximate surface area is 122 Å². The minimum atomic E-state index is -4.67. The number of aldehydes is 1. The Bertz CT molecular complexity index is 467. The third-order valence-corrected chi connectivity index (χ3v) is 1.25. The Morgan fingerprint density at radius 2 is 1.43 bits per heavy atom. The number of ether oxygens (including phenoxy) is 1. The lowest BCUT2D eigenvalue weighted by molar-refractivity contribution is -0.134. The molecule has 1 aromatic carbocycles. The summed E-state index contributed by atoms with van der Waals surface area (Å²) < 4.78 is 36.5. The van der Waals surface area contributed by atoms with Crippen LogP contribution in [0.25, 0.3) is 0 Å². The molecule has 10 heteroatoms. The van der Waals surface area contributed by atoms with Crippen LogP contribution in [0.4, 0.5) is 0 Å². The number of benzene rings is 1. The first-order chi connectivity index (χ1) is 9.60. The van der Waals surface area contributed by atoms with E-state index in [0.717, 1.165) is 26.1 Å². The average Bonchev–Trinajstić information content (AvgIpc) is 2.38. The highest BCUT2D eigenvalue weighted by molar-refractivity contribution is 7.79. The molecule has 0 aliphatic rings. The molecule has 0 saturated carbocycles. The number of carboxylic acid groups (broad SMARTS) is 1. The van der Waals surface area contributed by atoms with Crippen LogP contribution in [0.1, 0.15) is 17.3 Å². The van der Waals surface area contributed by atoms with Crippen molar-refractivity contribution in [2.45, 2.75) is 6.92 Å². The van der Waals surface area contributed by atoms with Crippen LogP contribution in [0, 0.1) is 0 Å². The molecule has 0 aliphatic carbocycles. The normalized spacial score (nSPS) is 8.48. The van der Waals surface area contributed by atoms with E-state index in [1.165, 1.54) is 0 Å². The van der Waals surface area contributed by atoms with Crippen molar-refractivity contribution in [3.05, 3.63) is 29.8 Å². The van der Waals surface area contributed by atoms with Crippen molar-refractivity contribution in [2.24, 2.45) is 0 Å². The average molecular weight is 326 g/mol. The minimum absolute atomic E-state index is 0.667. The highest BCUT2D eigenvalue weighted by Crippen LogP contribution is 2.09. The van der Waals surface area contributed by atoms with E-state index >= 15 is 0 Å². The van der Waals surface area contributed by atoms with Gasteiger partial charge >= 0.3 is 10.4 Å². The van der Waals surface area contributed by atoms with E-state index in [-0.39, 0.29) is 0 Å². The number of carbonyl (C=O) groups excluding carboxylic acids is 1. The molecule has 1 rings (SSSR count). The van der Waals surface area contributed by atoms with E-state index in [1.54, 1.807) is 31.4 Å². The molecule has 0 aliphatic heterocycles. The summed E-state index contributed by atoms with van der Waals surface area (Å²) in [6.07, 6.45) is 0.805. The highest BCUT2D eigenvalue weighted by atomic mass is 32.3. The standard InChI is InChI=1S/C8H8O2.C2H4O2.CH4O.H2O4S/c1-10-8-4-2-7(6-9)3-5-8;1-2(3)4;1-2;1-5(2,3)4/h2-6H,1H3;1H3,(H,3,4);2H,1H3;(H2,1,2,3,4). The maximum absolute atomic E-state index is 10.2. The number of aliphatic hydroxyl groups is 1. The Morgan fingerprint density at radius 1 is 1.14 bits per heavy atom. The Hall–Kier alpha value is -2.01. The van der Waals surface area contributed by atoms with Gasteiger partial charge in [0.05, 0.1) is 7.11 Å². The predicted molar refractivity (Wildman–Crippen MR) is 74.0 cm³/mol. The molecule has 0 heterocycles. The maximum atomic E-state index is 10.2. The van der Waals surface area contributed by atoms with Crippen molar-refractivity contribution in [3.8, 4) is 5.75 Å². The topological polar surface area (TPSA) is 158 Å². The lowest BCUT2D eigenvalue weighted by Gasteiger charge is -1.96. The molecule has 0 saturated heterocycles. The first-order valence-electron chi connectivity index (χ1n) is 5.03. The molecule has 122 valence electrons. The first kappa shape index (κ1) is 24.0. The van der Waals surface area contributed by atoms with Gasteiger partial charge in [-0.25, -0.2) is 0 Å². The number of hydrogen-bond donors (Lipinski definition) is 4. The minimum Gasteiger partial charge on any atom is -0.497 e. The van der Waals surface area contributed by atoms with Crippen molar-refractivity contribution in [3.63, 3.8) is 0 Å². The van der Waals surface area contributed by atoms with Gasteiger partial charge in [-0.1, -0.05) is 0 Å². The zero-order valence-electron chi connectivity index (χ0n) is 11.6. The number of aliphatic carboxylic acids is 1. The van der Waals surface area contributed by atoms with Gasteiger partial charge in [0, 0.05) is 19.6 Å². The lowest BCUT2D eigenvalue weighted by Crippen LogP contribution is -1.89. The van der Waals surface area contributed by atoms with E-state index in [4.69, 9.17) is 37.3 Å². The fraction of sp³-hybridized carbons (Fsp3) is 0.273. The van der Waals surface area contributed by atoms with Gasteiger partial charge in [0.1, 0.15) is 12.0 Å². The zero-order valence-corrected chi connectivity index (χ0v) is 12.4. The molecule has 0 spiro atoms. The van der Waals surface area contributed by atoms with Gasteiger partial charge in [-0.3, -0.25) is 18.7 Å². The lowest BCUT2D eigenvalue weighted by atomic mass is 10.2. The molecule has 1 aromatic rings. The molecular weight excluding hydrogens is 308 g/mol. The van der Waals surface area contributed by atoms with E-state index < -0.39 is 16.4 Å². The third-order valence-electron chi connectivity index (χ3n) is 1.25. The number of carboxylic acids is 1. The molecule has 0 bridgehead atoms. The molecule has 9 nitrogen and oxygen atoms in total. The molecular formula is C11H18O9S. The van der Waals surface area contributed by atoms with Crippen LogP contribution in [0.15, 0.2) is 24.3 Å². The molecule has 0 fully saturated rings. The van der Waals surface area contributed by atoms with Crippen LogP contribution >= 0.6 is 0 Å². The second-order valence-corrected chi connectivity index (χ2v) is 3.75. The number of methoxy groups -OCH3 is 1. The van der Waals surface area contributed by atoms with Gasteiger partial charge in [0.2, 0.25) is 0 Å². The van der Waals surface area contributed by atoms with Crippen LogP contribution < -0.4 is 4.74 Å². The second-order valence-electron chi connectivity index (χ2n) is 2.86. The van der Waals surface area contributed by atoms with Crippen molar-refractivity contribution in [2.75, 3.05) is 14.2 Å². The summed E-state index contributed by atoms with van der Waals surface area (Å²) in [5.74, 6) is -0.0643. The van der Waals surface area contributed by atoms with Gasteiger partial charge in [0.25, 0.3) is 5.97 Å². The highest BCUT2D eigenvalue weighted by Gasteiger charge is 1.89. The maximum Gasteiger partial charge on any atom is 0.394 e. The van der Waals surface area contributed by atoms with E-state index in [0.29, 0.717) is 5.56 Å². The van der Waals surface area contributed by atoms with Crippen LogP contribution in [0.3, 0.4) is 0 Å². The number of carbonyl (C=O) groups is 2. The molecule has 0 aromatic heterocycles. The first-order valence-corrected chi connectivity index (χ1v) is 6.43. The largest absolute Gasteiger partial charge is 0.497 e. The third kappa shape index (κ3) is 32.0. The van der Waals surface area contributed by atoms with E-state index in [1.807, 2.05) is 0 Å². The van der Waals surface area contributed by atoms with Gasteiger partial charge in [-0.2, -0.15) is 8.42 Å². The summed E-state index contributed by atoms with van der Waals surface area (Å²) in [6.45, 7) is 1.08. The molecule has 0 radical (unpaired) electrons. The summed E-state index contributed by atoms with van der Waals surface area (Å²) in [4.78, 5) is 19.2. The van der Waals surface area contributed by atoms with Crippen molar-refractivity contribution in [1.29, 1.82) is 0 Å². The SMILES string of the molecule is CC(=O)O.CO.COc1ccc(C=O)cc1.O=S(=O)(O)O. The van der Waals surface area contributed by atoms with Crippen molar-refractivity contribution >= 4 is 22.7 Å². The van der Waals surface area contributed by atoms with Crippen LogP contribution in [-0.2, 0) is 15.2 Å². The quantitative estimate of drug-likeness (QED) is 0.449. The van der Waals surface area contributed by atoms with Crippen LogP contribution in [-0.4, -0.2) is 54.2 Å².